The Labute approximate surface area is 234 Å². The van der Waals surface area contributed by atoms with Gasteiger partial charge in [-0.25, -0.2) is 0 Å². The minimum Gasteiger partial charge on any atom is -0.359 e. The molecule has 0 aliphatic heterocycles. The lowest BCUT2D eigenvalue weighted by atomic mass is 9.85. The molecule has 10 nitrogen and oxygen atoms in total. The Morgan fingerprint density at radius 1 is 1.08 bits per heavy atom. The van der Waals surface area contributed by atoms with Crippen LogP contribution in [0.3, 0.4) is 0 Å². The van der Waals surface area contributed by atoms with Crippen molar-refractivity contribution in [1.82, 2.24) is 30.4 Å². The molecule has 0 bridgehead atoms. The molecular formula is C27H30N8O2S2. The minimum absolute atomic E-state index is 0.121. The average Bonchev–Trinajstić information content (AvgIpc) is 3.74. The van der Waals surface area contributed by atoms with Crippen LogP contribution in [0, 0.1) is 5.92 Å². The topological polar surface area (TPSA) is 136 Å². The molecule has 1 fully saturated rings. The molecule has 1 aliphatic carbocycles. The predicted octanol–water partition coefficient (Wildman–Crippen LogP) is 4.62. The number of hydrogen-bond donors (Lipinski definition) is 2. The molecular weight excluding hydrogens is 532 g/mol. The standard InChI is InChI=1S/C27H30N8O2S2/c1-17(20-5-3-9-28-13-20)23(37)31-26-35-33-24(39-26)19-8-7-18(11-19)12-22-32-34-25(38-22)30-15-27(2,16-36)21-6-4-10-29-14-21/h3-6,9-10,13-14,16-19H,7-8,11-12,15H2,1-2H3,(H,30,34)(H,31,35,37)/t17-,18-,19+,27+/m0/s1. The molecule has 4 aromatic heterocycles. The van der Waals surface area contributed by atoms with E-state index in [-0.39, 0.29) is 11.8 Å². The molecule has 5 rings (SSSR count). The Hall–Kier alpha value is -3.64. The number of nitrogens with one attached hydrogen (secondary N) is 2. The monoisotopic (exact) mass is 562 g/mol. The summed E-state index contributed by atoms with van der Waals surface area (Å²) >= 11 is 2.99. The van der Waals surface area contributed by atoms with Crippen molar-refractivity contribution in [2.45, 2.75) is 56.8 Å². The van der Waals surface area contributed by atoms with Crippen molar-refractivity contribution in [1.29, 1.82) is 0 Å². The van der Waals surface area contributed by atoms with Gasteiger partial charge in [-0.1, -0.05) is 34.8 Å². The van der Waals surface area contributed by atoms with E-state index < -0.39 is 5.41 Å². The lowest BCUT2D eigenvalue weighted by Gasteiger charge is -2.23. The van der Waals surface area contributed by atoms with Gasteiger partial charge in [0.1, 0.15) is 16.3 Å². The van der Waals surface area contributed by atoms with Gasteiger partial charge in [0.2, 0.25) is 16.2 Å². The first-order valence-electron chi connectivity index (χ1n) is 12.9. The summed E-state index contributed by atoms with van der Waals surface area (Å²) < 4.78 is 0. The molecule has 0 aromatic carbocycles. The number of aromatic nitrogens is 6. The van der Waals surface area contributed by atoms with Crippen LogP contribution in [0.15, 0.2) is 49.1 Å². The van der Waals surface area contributed by atoms with Crippen molar-refractivity contribution >= 4 is 45.1 Å². The van der Waals surface area contributed by atoms with Gasteiger partial charge in [-0.15, -0.1) is 20.4 Å². The fourth-order valence-corrected chi connectivity index (χ4v) is 6.50. The van der Waals surface area contributed by atoms with Crippen LogP contribution in [-0.4, -0.2) is 49.1 Å². The molecule has 0 spiro atoms. The van der Waals surface area contributed by atoms with Crippen LogP contribution < -0.4 is 10.6 Å². The van der Waals surface area contributed by atoms with Gasteiger partial charge in [0.05, 0.1) is 11.3 Å². The fourth-order valence-electron chi connectivity index (χ4n) is 4.76. The summed E-state index contributed by atoms with van der Waals surface area (Å²) in [6.45, 7) is 4.15. The first-order chi connectivity index (χ1) is 18.9. The maximum absolute atomic E-state index is 12.7. The third kappa shape index (κ3) is 6.51. The van der Waals surface area contributed by atoms with E-state index in [0.717, 1.165) is 53.1 Å². The summed E-state index contributed by atoms with van der Waals surface area (Å²) in [7, 11) is 0. The van der Waals surface area contributed by atoms with Crippen LogP contribution in [0.1, 0.15) is 66.1 Å². The molecule has 4 aromatic rings. The summed E-state index contributed by atoms with van der Waals surface area (Å²) in [5.74, 6) is 0.367. The summed E-state index contributed by atoms with van der Waals surface area (Å²) in [4.78, 5) is 32.7. The maximum atomic E-state index is 12.7. The van der Waals surface area contributed by atoms with Crippen molar-refractivity contribution in [3.05, 3.63) is 70.2 Å². The van der Waals surface area contributed by atoms with Crippen LogP contribution in [0.25, 0.3) is 0 Å². The van der Waals surface area contributed by atoms with Crippen LogP contribution in [0.2, 0.25) is 0 Å². The molecule has 1 amide bonds. The number of carbonyl (C=O) groups excluding carboxylic acids is 2. The first-order valence-corrected chi connectivity index (χ1v) is 14.5. The molecule has 0 unspecified atom stereocenters. The van der Waals surface area contributed by atoms with Crippen molar-refractivity contribution in [2.75, 3.05) is 17.2 Å². The summed E-state index contributed by atoms with van der Waals surface area (Å²) in [5, 5.41) is 26.7. The predicted molar refractivity (Wildman–Crippen MR) is 151 cm³/mol. The lowest BCUT2D eigenvalue weighted by molar-refractivity contribution is -0.117. The second kappa shape index (κ2) is 12.0. The van der Waals surface area contributed by atoms with Crippen LogP contribution >= 0.6 is 22.7 Å². The van der Waals surface area contributed by atoms with Crippen molar-refractivity contribution < 1.29 is 9.59 Å². The normalized spacial score (nSPS) is 19.2. The number of amides is 1. The minimum atomic E-state index is -0.699. The number of anilines is 2. The second-order valence-corrected chi connectivity index (χ2v) is 12.2. The molecule has 12 heteroatoms. The maximum Gasteiger partial charge on any atom is 0.233 e. The number of rotatable bonds is 11. The van der Waals surface area contributed by atoms with Gasteiger partial charge < -0.3 is 15.4 Å². The Kier molecular flexibility index (Phi) is 8.32. The zero-order chi connectivity index (χ0) is 27.2. The van der Waals surface area contributed by atoms with E-state index in [0.29, 0.717) is 28.6 Å². The SMILES string of the molecule is C[C@H](C(=O)Nc1nnc([C@@H]2CC[C@H](Cc3nnc(NC[C@](C)(C=O)c4cccnc4)s3)C2)s1)c1cccnc1. The number of aldehydes is 1. The van der Waals surface area contributed by atoms with Gasteiger partial charge in [0.15, 0.2) is 0 Å². The molecule has 202 valence electrons. The van der Waals surface area contributed by atoms with Crippen molar-refractivity contribution in [2.24, 2.45) is 5.92 Å². The van der Waals surface area contributed by atoms with Crippen LogP contribution in [0.4, 0.5) is 10.3 Å². The highest BCUT2D eigenvalue weighted by molar-refractivity contribution is 7.15. The smallest absolute Gasteiger partial charge is 0.233 e. The number of carbonyl (C=O) groups is 2. The van der Waals surface area contributed by atoms with Gasteiger partial charge in [-0.05, 0) is 62.3 Å². The first kappa shape index (κ1) is 26.9. The zero-order valence-electron chi connectivity index (χ0n) is 21.8. The lowest BCUT2D eigenvalue weighted by Crippen LogP contribution is -2.32. The van der Waals surface area contributed by atoms with E-state index in [9.17, 15) is 9.59 Å². The largest absolute Gasteiger partial charge is 0.359 e. The molecule has 0 saturated heterocycles. The van der Waals surface area contributed by atoms with E-state index in [4.69, 9.17) is 0 Å². The Balaban J connectivity index is 1.12. The van der Waals surface area contributed by atoms with Gasteiger partial charge in [0.25, 0.3) is 0 Å². The summed E-state index contributed by atoms with van der Waals surface area (Å²) in [6.07, 6.45) is 11.7. The Morgan fingerprint density at radius 3 is 2.62 bits per heavy atom. The highest BCUT2D eigenvalue weighted by Crippen LogP contribution is 2.41. The number of pyridine rings is 2. The molecule has 4 atom stereocenters. The fraction of sp³-hybridized carbons (Fsp3) is 0.407. The molecule has 0 radical (unpaired) electrons. The third-order valence-electron chi connectivity index (χ3n) is 7.26. The molecule has 2 N–H and O–H groups in total. The van der Waals surface area contributed by atoms with E-state index in [1.807, 2.05) is 38.1 Å². The number of nitrogens with zero attached hydrogens (tertiary/aromatic N) is 6. The van der Waals surface area contributed by atoms with Crippen LogP contribution in [-0.2, 0) is 21.4 Å². The van der Waals surface area contributed by atoms with Gasteiger partial charge in [-0.2, -0.15) is 0 Å². The molecule has 1 saturated carbocycles. The van der Waals surface area contributed by atoms with E-state index >= 15 is 0 Å². The van der Waals surface area contributed by atoms with Crippen LogP contribution in [0.5, 0.6) is 0 Å². The van der Waals surface area contributed by atoms with E-state index in [1.165, 1.54) is 22.7 Å². The van der Waals surface area contributed by atoms with Gasteiger partial charge >= 0.3 is 0 Å². The van der Waals surface area contributed by atoms with Gasteiger partial charge in [0, 0.05) is 43.7 Å². The van der Waals surface area contributed by atoms with E-state index in [1.54, 1.807) is 24.8 Å². The zero-order valence-corrected chi connectivity index (χ0v) is 23.4. The van der Waals surface area contributed by atoms with Crippen molar-refractivity contribution in [3.8, 4) is 0 Å². The quantitative estimate of drug-likeness (QED) is 0.251. The summed E-state index contributed by atoms with van der Waals surface area (Å²) in [6, 6.07) is 7.45. The molecule has 4 heterocycles. The highest BCUT2D eigenvalue weighted by Gasteiger charge is 2.30. The number of hydrogen-bond acceptors (Lipinski definition) is 11. The third-order valence-corrected chi connectivity index (χ3v) is 9.16. The average molecular weight is 563 g/mol. The Bertz CT molecular complexity index is 1400. The Morgan fingerprint density at radius 2 is 1.87 bits per heavy atom. The second-order valence-electron chi connectivity index (χ2n) is 10.2. The summed E-state index contributed by atoms with van der Waals surface area (Å²) in [5.41, 5.74) is 1.02. The van der Waals surface area contributed by atoms with Gasteiger partial charge in [-0.3, -0.25) is 14.8 Å². The van der Waals surface area contributed by atoms with Crippen molar-refractivity contribution in [3.63, 3.8) is 0 Å². The van der Waals surface area contributed by atoms with E-state index in [2.05, 4.69) is 41.0 Å². The highest BCUT2D eigenvalue weighted by atomic mass is 32.1. The molecule has 39 heavy (non-hydrogen) atoms. The molecule has 1 aliphatic rings.